The summed E-state index contributed by atoms with van der Waals surface area (Å²) < 4.78 is 46.5. The second-order valence-electron chi connectivity index (χ2n) is 7.54. The van der Waals surface area contributed by atoms with Crippen molar-refractivity contribution in [2.24, 2.45) is 0 Å². The molecule has 0 aromatic heterocycles. The van der Waals surface area contributed by atoms with Crippen LogP contribution in [0, 0.1) is 5.82 Å². The number of rotatable bonds is 8. The van der Waals surface area contributed by atoms with Crippen LogP contribution in [0.2, 0.25) is 0 Å². The number of anilines is 1. The van der Waals surface area contributed by atoms with Gasteiger partial charge in [0.25, 0.3) is 10.0 Å². The van der Waals surface area contributed by atoms with E-state index in [1.54, 1.807) is 12.1 Å². The first-order chi connectivity index (χ1) is 14.8. The summed E-state index contributed by atoms with van der Waals surface area (Å²) in [5.74, 6) is -0.332. The lowest BCUT2D eigenvalue weighted by Gasteiger charge is -2.30. The number of nitrogens with zero attached hydrogens (tertiary/aromatic N) is 2. The van der Waals surface area contributed by atoms with Gasteiger partial charge in [-0.2, -0.15) is 0 Å². The Morgan fingerprint density at radius 2 is 1.74 bits per heavy atom. The fraction of sp³-hybridized carbons (Fsp3) is 0.409. The van der Waals surface area contributed by atoms with Crippen molar-refractivity contribution in [1.29, 1.82) is 0 Å². The van der Waals surface area contributed by atoms with Gasteiger partial charge in [0.15, 0.2) is 0 Å². The van der Waals surface area contributed by atoms with E-state index < -0.39 is 28.3 Å². The molecular weight excluding hydrogens is 421 g/mol. The Balaban J connectivity index is 1.83. The van der Waals surface area contributed by atoms with Crippen molar-refractivity contribution in [3.8, 4) is 5.75 Å². The summed E-state index contributed by atoms with van der Waals surface area (Å²) in [7, 11) is -2.03. The zero-order valence-electron chi connectivity index (χ0n) is 17.8. The fourth-order valence-electron chi connectivity index (χ4n) is 3.48. The van der Waals surface area contributed by atoms with Gasteiger partial charge in [-0.1, -0.05) is 0 Å². The molecule has 2 aromatic carbocycles. The molecule has 2 aromatic rings. The molecule has 0 aliphatic carbocycles. The van der Waals surface area contributed by atoms with Crippen LogP contribution in [0.4, 0.5) is 10.1 Å². The molecule has 31 heavy (non-hydrogen) atoms. The summed E-state index contributed by atoms with van der Waals surface area (Å²) in [5, 5.41) is 2.93. The lowest BCUT2D eigenvalue weighted by molar-refractivity contribution is -0.120. The molecule has 0 bridgehead atoms. The molecule has 3 rings (SSSR count). The summed E-state index contributed by atoms with van der Waals surface area (Å²) >= 11 is 0. The van der Waals surface area contributed by atoms with Crippen LogP contribution in [0.15, 0.2) is 53.4 Å². The number of likely N-dealkylation sites (tertiary alicyclic amines) is 1. The molecule has 7 nitrogen and oxygen atoms in total. The van der Waals surface area contributed by atoms with Crippen molar-refractivity contribution in [2.75, 3.05) is 37.6 Å². The van der Waals surface area contributed by atoms with Gasteiger partial charge in [0.2, 0.25) is 5.91 Å². The van der Waals surface area contributed by atoms with Crippen LogP contribution < -0.4 is 14.4 Å². The van der Waals surface area contributed by atoms with Gasteiger partial charge in [-0.3, -0.25) is 9.10 Å². The lowest BCUT2D eigenvalue weighted by atomic mass is 10.1. The van der Waals surface area contributed by atoms with Gasteiger partial charge in [0, 0.05) is 6.04 Å². The minimum absolute atomic E-state index is 0.00643. The van der Waals surface area contributed by atoms with Crippen molar-refractivity contribution in [1.82, 2.24) is 10.2 Å². The highest BCUT2D eigenvalue weighted by Crippen LogP contribution is 2.25. The number of carbonyl (C=O) groups excluding carboxylic acids is 1. The number of sulfonamides is 1. The van der Waals surface area contributed by atoms with E-state index in [1.165, 1.54) is 36.4 Å². The Hall–Kier alpha value is -2.65. The standard InChI is InChI=1S/C22H28FN3O4S/c1-3-30-20-8-10-21(11-9-20)31(28,29)26(19-6-4-17(23)5-7-19)16-22(27)24-18-12-14-25(2)15-13-18/h4-11,18H,3,12-16H2,1-2H3,(H,24,27). The average Bonchev–Trinajstić information content (AvgIpc) is 2.75. The molecule has 0 radical (unpaired) electrons. The summed E-state index contributed by atoms with van der Waals surface area (Å²) in [4.78, 5) is 14.9. The minimum Gasteiger partial charge on any atom is -0.494 e. The first-order valence-electron chi connectivity index (χ1n) is 10.3. The largest absolute Gasteiger partial charge is 0.494 e. The highest BCUT2D eigenvalue weighted by Gasteiger charge is 2.28. The van der Waals surface area contributed by atoms with Gasteiger partial charge in [0.1, 0.15) is 18.1 Å². The topological polar surface area (TPSA) is 79.0 Å². The van der Waals surface area contributed by atoms with Crippen molar-refractivity contribution in [2.45, 2.75) is 30.7 Å². The Labute approximate surface area is 182 Å². The van der Waals surface area contributed by atoms with Crippen LogP contribution >= 0.6 is 0 Å². The molecule has 1 aliphatic heterocycles. The highest BCUT2D eigenvalue weighted by molar-refractivity contribution is 7.92. The first-order valence-corrected chi connectivity index (χ1v) is 11.7. The number of hydrogen-bond acceptors (Lipinski definition) is 5. The van der Waals surface area contributed by atoms with Crippen LogP contribution in [-0.4, -0.2) is 58.6 Å². The van der Waals surface area contributed by atoms with Crippen LogP contribution in [0.3, 0.4) is 0 Å². The third-order valence-electron chi connectivity index (χ3n) is 5.21. The predicted molar refractivity (Wildman–Crippen MR) is 117 cm³/mol. The van der Waals surface area contributed by atoms with E-state index in [-0.39, 0.29) is 16.6 Å². The number of carbonyl (C=O) groups is 1. The van der Waals surface area contributed by atoms with E-state index in [4.69, 9.17) is 4.74 Å². The van der Waals surface area contributed by atoms with Gasteiger partial charge in [-0.25, -0.2) is 12.8 Å². The lowest BCUT2D eigenvalue weighted by Crippen LogP contribution is -2.47. The molecule has 1 amide bonds. The number of ether oxygens (including phenoxy) is 1. The van der Waals surface area contributed by atoms with E-state index in [1.807, 2.05) is 14.0 Å². The Kier molecular flexibility index (Phi) is 7.50. The smallest absolute Gasteiger partial charge is 0.264 e. The van der Waals surface area contributed by atoms with Gasteiger partial charge in [-0.15, -0.1) is 0 Å². The molecule has 1 heterocycles. The molecule has 1 fully saturated rings. The van der Waals surface area contributed by atoms with E-state index in [0.29, 0.717) is 12.4 Å². The van der Waals surface area contributed by atoms with Crippen LogP contribution in [0.1, 0.15) is 19.8 Å². The number of piperidine rings is 1. The second kappa shape index (κ2) is 10.1. The normalized spacial score (nSPS) is 15.5. The SMILES string of the molecule is CCOc1ccc(S(=O)(=O)N(CC(=O)NC2CCN(C)CC2)c2ccc(F)cc2)cc1. The monoisotopic (exact) mass is 449 g/mol. The molecule has 1 N–H and O–H groups in total. The number of halogens is 1. The third-order valence-corrected chi connectivity index (χ3v) is 7.00. The molecule has 0 spiro atoms. The molecule has 0 unspecified atom stereocenters. The summed E-state index contributed by atoms with van der Waals surface area (Å²) in [6, 6.07) is 11.1. The van der Waals surface area contributed by atoms with Crippen molar-refractivity contribution in [3.63, 3.8) is 0 Å². The maximum Gasteiger partial charge on any atom is 0.264 e. The summed E-state index contributed by atoms with van der Waals surface area (Å²) in [6.45, 7) is 3.65. The van der Waals surface area contributed by atoms with E-state index in [2.05, 4.69) is 10.2 Å². The molecule has 1 aliphatic rings. The van der Waals surface area contributed by atoms with Crippen molar-refractivity contribution < 1.29 is 22.3 Å². The molecular formula is C22H28FN3O4S. The quantitative estimate of drug-likeness (QED) is 0.670. The Morgan fingerprint density at radius 3 is 2.32 bits per heavy atom. The minimum atomic E-state index is -4.06. The van der Waals surface area contributed by atoms with Crippen LogP contribution in [0.25, 0.3) is 0 Å². The van der Waals surface area contributed by atoms with Crippen LogP contribution in [-0.2, 0) is 14.8 Å². The van der Waals surface area contributed by atoms with Gasteiger partial charge in [0.05, 0.1) is 17.2 Å². The second-order valence-corrected chi connectivity index (χ2v) is 9.40. The average molecular weight is 450 g/mol. The number of amides is 1. The summed E-state index contributed by atoms with van der Waals surface area (Å²) in [5.41, 5.74) is 0.216. The fourth-order valence-corrected chi connectivity index (χ4v) is 4.90. The Bertz CT molecular complexity index is 973. The number of hydrogen-bond donors (Lipinski definition) is 1. The molecule has 9 heteroatoms. The zero-order valence-corrected chi connectivity index (χ0v) is 18.6. The molecule has 1 saturated heterocycles. The van der Waals surface area contributed by atoms with Gasteiger partial charge >= 0.3 is 0 Å². The number of benzene rings is 2. The van der Waals surface area contributed by atoms with E-state index >= 15 is 0 Å². The van der Waals surface area contributed by atoms with Crippen molar-refractivity contribution in [3.05, 3.63) is 54.3 Å². The van der Waals surface area contributed by atoms with Gasteiger partial charge in [-0.05, 0) is 88.4 Å². The van der Waals surface area contributed by atoms with Crippen molar-refractivity contribution >= 4 is 21.6 Å². The maximum absolute atomic E-state index is 13.4. The molecule has 168 valence electrons. The zero-order chi connectivity index (χ0) is 22.4. The first kappa shape index (κ1) is 23.0. The molecule has 0 atom stereocenters. The van der Waals surface area contributed by atoms with Gasteiger partial charge < -0.3 is 15.0 Å². The predicted octanol–water partition coefficient (Wildman–Crippen LogP) is 2.63. The van der Waals surface area contributed by atoms with E-state index in [9.17, 15) is 17.6 Å². The summed E-state index contributed by atoms with van der Waals surface area (Å²) in [6.07, 6.45) is 1.62. The highest BCUT2D eigenvalue weighted by atomic mass is 32.2. The molecule has 0 saturated carbocycles. The Morgan fingerprint density at radius 1 is 1.13 bits per heavy atom. The number of nitrogens with one attached hydrogen (secondary N) is 1. The third kappa shape index (κ3) is 5.95. The van der Waals surface area contributed by atoms with E-state index in [0.717, 1.165) is 30.2 Å². The van der Waals surface area contributed by atoms with Crippen LogP contribution in [0.5, 0.6) is 5.75 Å². The maximum atomic E-state index is 13.4.